The van der Waals surface area contributed by atoms with Crippen LogP contribution < -0.4 is 5.32 Å². The molecule has 0 aliphatic carbocycles. The molecule has 1 aliphatic rings. The van der Waals surface area contributed by atoms with Crippen molar-refractivity contribution in [1.29, 1.82) is 0 Å². The summed E-state index contributed by atoms with van der Waals surface area (Å²) in [5.41, 5.74) is 2.33. The third-order valence-electron chi connectivity index (χ3n) is 2.95. The van der Waals surface area contributed by atoms with Crippen LogP contribution in [0.5, 0.6) is 0 Å². The Bertz CT molecular complexity index is 598. The van der Waals surface area contributed by atoms with Crippen LogP contribution >= 0.6 is 27.7 Å². The molecule has 0 saturated heterocycles. The van der Waals surface area contributed by atoms with Crippen molar-refractivity contribution in [2.75, 3.05) is 11.1 Å². The lowest BCUT2D eigenvalue weighted by Crippen LogP contribution is -2.05. The Morgan fingerprint density at radius 2 is 1.79 bits per heavy atom. The van der Waals surface area contributed by atoms with E-state index in [0.29, 0.717) is 0 Å². The topological polar surface area (TPSA) is 24.4 Å². The predicted molar refractivity (Wildman–Crippen MR) is 86.8 cm³/mol. The number of hydrogen-bond acceptors (Lipinski definition) is 3. The predicted octanol–water partition coefficient (Wildman–Crippen LogP) is 4.71. The minimum absolute atomic E-state index is 0.260. The molecule has 1 unspecified atom stereocenters. The first-order chi connectivity index (χ1) is 9.33. The summed E-state index contributed by atoms with van der Waals surface area (Å²) in [5, 5.41) is 4.36. The van der Waals surface area contributed by atoms with Gasteiger partial charge < -0.3 is 5.32 Å². The fraction of sp³-hybridized carbons (Fsp3) is 0.133. The van der Waals surface area contributed by atoms with Crippen LogP contribution in [-0.4, -0.2) is 10.9 Å². The number of nitrogens with one attached hydrogen (secondary N) is 1. The van der Waals surface area contributed by atoms with Crippen molar-refractivity contribution in [3.63, 3.8) is 0 Å². The van der Waals surface area contributed by atoms with Crippen LogP contribution in [-0.2, 0) is 0 Å². The Hall–Kier alpha value is -1.26. The maximum Gasteiger partial charge on any atom is 0.161 e. The molecule has 3 rings (SSSR count). The zero-order valence-corrected chi connectivity index (χ0v) is 12.6. The van der Waals surface area contributed by atoms with Gasteiger partial charge in [0.1, 0.15) is 0 Å². The molecule has 4 heteroatoms. The number of benzene rings is 2. The molecular weight excluding hydrogens is 320 g/mol. The summed E-state index contributed by atoms with van der Waals surface area (Å²) in [6, 6.07) is 18.8. The van der Waals surface area contributed by atoms with Gasteiger partial charge in [-0.1, -0.05) is 54.2 Å². The van der Waals surface area contributed by atoms with Crippen LogP contribution in [0.4, 0.5) is 5.69 Å². The van der Waals surface area contributed by atoms with Crippen molar-refractivity contribution in [2.24, 2.45) is 4.99 Å². The van der Waals surface area contributed by atoms with Crippen LogP contribution in [0.3, 0.4) is 0 Å². The third kappa shape index (κ3) is 3.01. The van der Waals surface area contributed by atoms with Gasteiger partial charge in [-0.3, -0.25) is 4.99 Å². The average Bonchev–Trinajstić information content (AvgIpc) is 2.91. The molecule has 1 aliphatic heterocycles. The Kier molecular flexibility index (Phi) is 3.89. The molecule has 0 radical (unpaired) electrons. The molecule has 0 spiro atoms. The van der Waals surface area contributed by atoms with Crippen LogP contribution in [0.25, 0.3) is 0 Å². The first kappa shape index (κ1) is 12.8. The lowest BCUT2D eigenvalue weighted by Gasteiger charge is -2.06. The summed E-state index contributed by atoms with van der Waals surface area (Å²) in [6.07, 6.45) is 0. The second-order valence-corrected chi connectivity index (χ2v) is 6.14. The van der Waals surface area contributed by atoms with E-state index in [0.717, 1.165) is 21.1 Å². The van der Waals surface area contributed by atoms with Gasteiger partial charge in [-0.25, -0.2) is 0 Å². The summed E-state index contributed by atoms with van der Waals surface area (Å²) in [4.78, 5) is 4.74. The molecular formula is C15H13BrN2S. The Labute approximate surface area is 125 Å². The molecule has 0 aromatic heterocycles. The smallest absolute Gasteiger partial charge is 0.161 e. The first-order valence-electron chi connectivity index (χ1n) is 6.10. The lowest BCUT2D eigenvalue weighted by molar-refractivity contribution is 0.849. The minimum Gasteiger partial charge on any atom is -0.334 e. The van der Waals surface area contributed by atoms with Crippen LogP contribution in [0.1, 0.15) is 11.6 Å². The fourth-order valence-electron chi connectivity index (χ4n) is 1.97. The summed E-state index contributed by atoms with van der Waals surface area (Å²) in [6.45, 7) is 0. The summed E-state index contributed by atoms with van der Waals surface area (Å²) in [7, 11) is 0. The number of para-hydroxylation sites is 1. The van der Waals surface area contributed by atoms with Gasteiger partial charge in [0.15, 0.2) is 5.17 Å². The van der Waals surface area contributed by atoms with Gasteiger partial charge in [-0.05, 0) is 33.6 Å². The number of thioether (sulfide) groups is 1. The second kappa shape index (κ2) is 5.80. The monoisotopic (exact) mass is 332 g/mol. The molecule has 1 heterocycles. The number of aliphatic imine (C=N–C) groups is 1. The number of rotatable bonds is 2. The quantitative estimate of drug-likeness (QED) is 0.861. The van der Waals surface area contributed by atoms with E-state index in [2.05, 4.69) is 45.5 Å². The number of hydrogen-bond donors (Lipinski definition) is 1. The minimum atomic E-state index is 0.260. The fourth-order valence-corrected chi connectivity index (χ4v) is 3.32. The van der Waals surface area contributed by atoms with Crippen molar-refractivity contribution in [3.8, 4) is 0 Å². The normalized spacial score (nSPS) is 18.2. The summed E-state index contributed by atoms with van der Waals surface area (Å²) >= 11 is 5.30. The second-order valence-electron chi connectivity index (χ2n) is 4.28. The van der Waals surface area contributed by atoms with Crippen LogP contribution in [0.2, 0.25) is 0 Å². The highest BCUT2D eigenvalue weighted by atomic mass is 79.9. The highest BCUT2D eigenvalue weighted by Gasteiger charge is 2.20. The molecule has 0 fully saturated rings. The number of anilines is 1. The highest BCUT2D eigenvalue weighted by molar-refractivity contribution is 9.10. The van der Waals surface area contributed by atoms with Gasteiger partial charge in [0, 0.05) is 10.2 Å². The van der Waals surface area contributed by atoms with E-state index in [1.165, 1.54) is 5.56 Å². The molecule has 2 aromatic rings. The molecule has 1 N–H and O–H groups in total. The van der Waals surface area contributed by atoms with Crippen molar-refractivity contribution in [1.82, 2.24) is 0 Å². The van der Waals surface area contributed by atoms with Crippen molar-refractivity contribution in [2.45, 2.75) is 6.04 Å². The van der Waals surface area contributed by atoms with Gasteiger partial charge in [0.2, 0.25) is 0 Å². The van der Waals surface area contributed by atoms with E-state index in [1.807, 2.05) is 30.3 Å². The van der Waals surface area contributed by atoms with Gasteiger partial charge in [-0.2, -0.15) is 0 Å². The van der Waals surface area contributed by atoms with Gasteiger partial charge in [0.05, 0.1) is 11.7 Å². The van der Waals surface area contributed by atoms with Crippen molar-refractivity contribution < 1.29 is 0 Å². The average molecular weight is 333 g/mol. The zero-order chi connectivity index (χ0) is 13.1. The number of halogens is 1. The van der Waals surface area contributed by atoms with Gasteiger partial charge in [-0.15, -0.1) is 0 Å². The van der Waals surface area contributed by atoms with E-state index >= 15 is 0 Å². The number of amidine groups is 1. The summed E-state index contributed by atoms with van der Waals surface area (Å²) in [5.74, 6) is 0.997. The Morgan fingerprint density at radius 3 is 2.58 bits per heavy atom. The largest absolute Gasteiger partial charge is 0.334 e. The van der Waals surface area contributed by atoms with E-state index in [1.54, 1.807) is 11.8 Å². The van der Waals surface area contributed by atoms with Gasteiger partial charge in [0.25, 0.3) is 0 Å². The molecule has 1 atom stereocenters. The van der Waals surface area contributed by atoms with Crippen LogP contribution in [0.15, 0.2) is 64.1 Å². The molecule has 2 nitrogen and oxygen atoms in total. The SMILES string of the molecule is Brc1ccccc1NC1=NC(c2ccccc2)CS1. The molecule has 2 aromatic carbocycles. The van der Waals surface area contributed by atoms with E-state index in [-0.39, 0.29) is 6.04 Å². The van der Waals surface area contributed by atoms with Crippen molar-refractivity contribution >= 4 is 38.5 Å². The Morgan fingerprint density at radius 1 is 1.05 bits per heavy atom. The third-order valence-corrected chi connectivity index (χ3v) is 4.61. The number of nitrogens with zero attached hydrogens (tertiary/aromatic N) is 1. The molecule has 0 bridgehead atoms. The first-order valence-corrected chi connectivity index (χ1v) is 7.88. The van der Waals surface area contributed by atoms with E-state index in [9.17, 15) is 0 Å². The maximum atomic E-state index is 4.74. The van der Waals surface area contributed by atoms with Crippen LogP contribution in [0, 0.1) is 0 Å². The molecule has 0 saturated carbocycles. The van der Waals surface area contributed by atoms with E-state index in [4.69, 9.17) is 4.99 Å². The van der Waals surface area contributed by atoms with E-state index < -0.39 is 0 Å². The Balaban J connectivity index is 1.76. The lowest BCUT2D eigenvalue weighted by atomic mass is 10.1. The molecule has 0 amide bonds. The van der Waals surface area contributed by atoms with Crippen molar-refractivity contribution in [3.05, 3.63) is 64.6 Å². The maximum absolute atomic E-state index is 4.74. The summed E-state index contributed by atoms with van der Waals surface area (Å²) < 4.78 is 1.06. The van der Waals surface area contributed by atoms with Gasteiger partial charge >= 0.3 is 0 Å². The zero-order valence-electron chi connectivity index (χ0n) is 10.2. The molecule has 96 valence electrons. The molecule has 19 heavy (non-hydrogen) atoms. The highest BCUT2D eigenvalue weighted by Crippen LogP contribution is 2.32. The standard InChI is InChI=1S/C15H13BrN2S/c16-12-8-4-5-9-13(12)17-15-18-14(10-19-15)11-6-2-1-3-7-11/h1-9,14H,10H2,(H,17,18).